The molecule has 1 N–H and O–H groups in total. The molecule has 1 aromatic carbocycles. The molecule has 3 heterocycles. The summed E-state index contributed by atoms with van der Waals surface area (Å²) >= 11 is 12.7. The van der Waals surface area contributed by atoms with Gasteiger partial charge in [0.05, 0.1) is 33.8 Å². The Hall–Kier alpha value is -1.87. The minimum Gasteiger partial charge on any atom is -0.352 e. The van der Waals surface area contributed by atoms with Crippen LogP contribution in [0.2, 0.25) is 10.0 Å². The molecule has 0 bridgehead atoms. The molecular formula is C18H19Cl2N5O2S. The molecule has 0 amide bonds. The summed E-state index contributed by atoms with van der Waals surface area (Å²) in [6, 6.07) is 5.64. The smallest absolute Gasteiger partial charge is 0.208 e. The molecule has 0 saturated carbocycles. The largest absolute Gasteiger partial charge is 0.352 e. The Kier molecular flexibility index (Phi) is 5.22. The lowest BCUT2D eigenvalue weighted by atomic mass is 10.1. The number of nitrogens with zero attached hydrogens (tertiary/aromatic N) is 4. The van der Waals surface area contributed by atoms with Crippen LogP contribution in [-0.4, -0.2) is 48.3 Å². The van der Waals surface area contributed by atoms with Gasteiger partial charge < -0.3 is 9.47 Å². The number of pyridine rings is 1. The van der Waals surface area contributed by atoms with Gasteiger partial charge in [0.25, 0.3) is 0 Å². The van der Waals surface area contributed by atoms with Crippen LogP contribution in [0.1, 0.15) is 12.8 Å². The molecule has 28 heavy (non-hydrogen) atoms. The first kappa shape index (κ1) is 19.4. The highest BCUT2D eigenvalue weighted by atomic mass is 35.5. The molecule has 7 nitrogen and oxygen atoms in total. The Balaban J connectivity index is 1.82. The quantitative estimate of drug-likeness (QED) is 0.659. The van der Waals surface area contributed by atoms with Crippen LogP contribution in [0.5, 0.6) is 0 Å². The van der Waals surface area contributed by atoms with Gasteiger partial charge in [-0.05, 0) is 25.0 Å². The standard InChI is InChI=1S/C18H19Cl2N5O2S/c1-28(26,27)22-10-12-3-2-7-25(12)16-9-15(24-8-6-21-11-24)13-4-5-14(19)17(20)18(13)23-16/h4-6,8-9,11-12,22H,2-3,7,10H2,1H3/t12-/m0/s1. The SMILES string of the molecule is CS(=O)(=O)NC[C@@H]1CCCN1c1cc(-n2ccnc2)c2ccc(Cl)c(Cl)c2n1. The van der Waals surface area contributed by atoms with Gasteiger partial charge in [-0.3, -0.25) is 0 Å². The van der Waals surface area contributed by atoms with Crippen molar-refractivity contribution >= 4 is 49.9 Å². The predicted octanol–water partition coefficient (Wildman–Crippen LogP) is 3.25. The fourth-order valence-corrected chi connectivity index (χ4v) is 4.42. The van der Waals surface area contributed by atoms with Gasteiger partial charge in [-0.2, -0.15) is 0 Å². The van der Waals surface area contributed by atoms with Crippen molar-refractivity contribution in [1.29, 1.82) is 0 Å². The third-order valence-electron chi connectivity index (χ3n) is 4.87. The maximum atomic E-state index is 11.5. The average molecular weight is 440 g/mol. The van der Waals surface area contributed by atoms with Crippen LogP contribution in [0, 0.1) is 0 Å². The second kappa shape index (κ2) is 7.51. The molecule has 1 fully saturated rings. The molecule has 10 heteroatoms. The van der Waals surface area contributed by atoms with Crippen molar-refractivity contribution in [3.05, 3.63) is 47.0 Å². The van der Waals surface area contributed by atoms with Crippen LogP contribution in [-0.2, 0) is 10.0 Å². The molecular weight excluding hydrogens is 421 g/mol. The number of fused-ring (bicyclic) bond motifs is 1. The highest BCUT2D eigenvalue weighted by molar-refractivity contribution is 7.88. The van der Waals surface area contributed by atoms with E-state index in [1.54, 1.807) is 18.6 Å². The topological polar surface area (TPSA) is 80.1 Å². The van der Waals surface area contributed by atoms with E-state index in [4.69, 9.17) is 28.2 Å². The van der Waals surface area contributed by atoms with E-state index in [9.17, 15) is 8.42 Å². The monoisotopic (exact) mass is 439 g/mol. The predicted molar refractivity (Wildman–Crippen MR) is 112 cm³/mol. The van der Waals surface area contributed by atoms with Crippen molar-refractivity contribution in [2.75, 3.05) is 24.2 Å². The number of nitrogens with one attached hydrogen (secondary N) is 1. The lowest BCUT2D eigenvalue weighted by Crippen LogP contribution is -2.40. The Morgan fingerprint density at radius 2 is 2.14 bits per heavy atom. The number of hydrogen-bond acceptors (Lipinski definition) is 5. The Morgan fingerprint density at radius 3 is 2.86 bits per heavy atom. The van der Waals surface area contributed by atoms with E-state index in [1.165, 1.54) is 6.26 Å². The van der Waals surface area contributed by atoms with Crippen molar-refractivity contribution in [2.45, 2.75) is 18.9 Å². The lowest BCUT2D eigenvalue weighted by Gasteiger charge is -2.27. The van der Waals surface area contributed by atoms with Crippen LogP contribution in [0.3, 0.4) is 0 Å². The van der Waals surface area contributed by atoms with E-state index in [1.807, 2.05) is 22.9 Å². The molecule has 4 rings (SSSR count). The van der Waals surface area contributed by atoms with Crippen molar-refractivity contribution in [3.63, 3.8) is 0 Å². The minimum atomic E-state index is -3.26. The van der Waals surface area contributed by atoms with Gasteiger partial charge in [0.1, 0.15) is 5.82 Å². The summed E-state index contributed by atoms with van der Waals surface area (Å²) in [7, 11) is -3.26. The van der Waals surface area contributed by atoms with Gasteiger partial charge in [-0.25, -0.2) is 23.1 Å². The van der Waals surface area contributed by atoms with E-state index in [-0.39, 0.29) is 6.04 Å². The third-order valence-corrected chi connectivity index (χ3v) is 6.36. The molecule has 1 saturated heterocycles. The van der Waals surface area contributed by atoms with Gasteiger partial charge in [-0.15, -0.1) is 0 Å². The maximum Gasteiger partial charge on any atom is 0.208 e. The van der Waals surface area contributed by atoms with Crippen molar-refractivity contribution in [1.82, 2.24) is 19.3 Å². The van der Waals surface area contributed by atoms with E-state index in [0.29, 0.717) is 22.1 Å². The second-order valence-electron chi connectivity index (χ2n) is 6.84. The van der Waals surface area contributed by atoms with Crippen molar-refractivity contribution in [3.8, 4) is 5.69 Å². The first-order valence-corrected chi connectivity index (χ1v) is 11.5. The highest BCUT2D eigenvalue weighted by Gasteiger charge is 2.27. The summed E-state index contributed by atoms with van der Waals surface area (Å²) in [5.74, 6) is 0.734. The molecule has 1 aliphatic rings. The molecule has 3 aromatic rings. The van der Waals surface area contributed by atoms with Crippen molar-refractivity contribution in [2.24, 2.45) is 0 Å². The number of sulfonamides is 1. The van der Waals surface area contributed by atoms with Crippen molar-refractivity contribution < 1.29 is 8.42 Å². The highest BCUT2D eigenvalue weighted by Crippen LogP contribution is 2.36. The number of anilines is 1. The van der Waals surface area contributed by atoms with Gasteiger partial charge in [0.2, 0.25) is 10.0 Å². The molecule has 0 aliphatic carbocycles. The average Bonchev–Trinajstić information content (AvgIpc) is 3.33. The van der Waals surface area contributed by atoms with E-state index < -0.39 is 10.0 Å². The summed E-state index contributed by atoms with van der Waals surface area (Å²) in [4.78, 5) is 11.0. The second-order valence-corrected chi connectivity index (χ2v) is 9.46. The zero-order chi connectivity index (χ0) is 19.9. The summed E-state index contributed by atoms with van der Waals surface area (Å²) < 4.78 is 27.5. The fourth-order valence-electron chi connectivity index (χ4n) is 3.56. The number of imidazole rings is 1. The number of benzene rings is 1. The number of aromatic nitrogens is 3. The zero-order valence-electron chi connectivity index (χ0n) is 15.1. The van der Waals surface area contributed by atoms with Crippen LogP contribution < -0.4 is 9.62 Å². The van der Waals surface area contributed by atoms with Crippen LogP contribution in [0.4, 0.5) is 5.82 Å². The van der Waals surface area contributed by atoms with Gasteiger partial charge >= 0.3 is 0 Å². The Bertz CT molecular complexity index is 1120. The van der Waals surface area contributed by atoms with Gasteiger partial charge in [-0.1, -0.05) is 23.2 Å². The normalized spacial score (nSPS) is 17.5. The molecule has 0 unspecified atom stereocenters. The van der Waals surface area contributed by atoms with E-state index in [2.05, 4.69) is 14.6 Å². The zero-order valence-corrected chi connectivity index (χ0v) is 17.5. The first-order chi connectivity index (χ1) is 13.3. The fraction of sp³-hybridized carbons (Fsp3) is 0.333. The number of rotatable bonds is 5. The lowest BCUT2D eigenvalue weighted by molar-refractivity contribution is 0.572. The molecule has 1 aliphatic heterocycles. The molecule has 148 valence electrons. The molecule has 2 aromatic heterocycles. The summed E-state index contributed by atoms with van der Waals surface area (Å²) in [6.45, 7) is 1.12. The summed E-state index contributed by atoms with van der Waals surface area (Å²) in [5.41, 5.74) is 1.50. The minimum absolute atomic E-state index is 0.0215. The summed E-state index contributed by atoms with van der Waals surface area (Å²) in [6.07, 6.45) is 8.28. The first-order valence-electron chi connectivity index (χ1n) is 8.82. The molecule has 0 radical (unpaired) electrons. The van der Waals surface area contributed by atoms with Crippen LogP contribution >= 0.6 is 23.2 Å². The molecule has 0 spiro atoms. The summed E-state index contributed by atoms with van der Waals surface area (Å²) in [5, 5.41) is 1.70. The van der Waals surface area contributed by atoms with Gasteiger partial charge in [0, 0.05) is 43.0 Å². The number of halogens is 2. The van der Waals surface area contributed by atoms with Crippen LogP contribution in [0.25, 0.3) is 16.6 Å². The van der Waals surface area contributed by atoms with E-state index >= 15 is 0 Å². The number of hydrogen-bond donors (Lipinski definition) is 1. The Labute approximate surface area is 173 Å². The van der Waals surface area contributed by atoms with Crippen LogP contribution in [0.15, 0.2) is 36.9 Å². The van der Waals surface area contributed by atoms with E-state index in [0.717, 1.165) is 36.3 Å². The maximum absolute atomic E-state index is 11.5. The van der Waals surface area contributed by atoms with Gasteiger partial charge in [0.15, 0.2) is 0 Å². The Morgan fingerprint density at radius 1 is 1.32 bits per heavy atom. The molecule has 1 atom stereocenters. The third kappa shape index (κ3) is 3.82.